The van der Waals surface area contributed by atoms with Crippen LogP contribution in [0.1, 0.15) is 17.2 Å². The predicted octanol–water partition coefficient (Wildman–Crippen LogP) is 1.07. The number of hydrogen-bond acceptors (Lipinski definition) is 4. The fourth-order valence-electron chi connectivity index (χ4n) is 2.31. The van der Waals surface area contributed by atoms with Crippen LogP contribution in [0.3, 0.4) is 0 Å². The van der Waals surface area contributed by atoms with Gasteiger partial charge in [-0.3, -0.25) is 9.78 Å². The van der Waals surface area contributed by atoms with Gasteiger partial charge in [0.05, 0.1) is 11.7 Å². The van der Waals surface area contributed by atoms with Gasteiger partial charge < -0.3 is 5.32 Å². The van der Waals surface area contributed by atoms with Gasteiger partial charge in [-0.1, -0.05) is 36.4 Å². The van der Waals surface area contributed by atoms with Crippen molar-refractivity contribution < 1.29 is 13.2 Å². The first-order valence-electron chi connectivity index (χ1n) is 7.65. The number of amides is 1. The smallest absolute Gasteiger partial charge is 0.227 e. The normalized spacial score (nSPS) is 12.5. The Balaban J connectivity index is 2.09. The lowest BCUT2D eigenvalue weighted by Crippen LogP contribution is -2.36. The fourth-order valence-corrected chi connectivity index (χ4v) is 2.88. The molecule has 2 aromatic rings. The SMILES string of the molecule is CNS(=O)(=O)CCNC(=O)C(Cc1ccccn1)c1ccccc1. The van der Waals surface area contributed by atoms with E-state index in [1.165, 1.54) is 7.05 Å². The molecule has 6 nitrogen and oxygen atoms in total. The van der Waals surface area contributed by atoms with Crippen molar-refractivity contribution in [3.8, 4) is 0 Å². The van der Waals surface area contributed by atoms with E-state index in [0.717, 1.165) is 11.3 Å². The van der Waals surface area contributed by atoms with Crippen LogP contribution >= 0.6 is 0 Å². The second-order valence-corrected chi connectivity index (χ2v) is 7.35. The minimum absolute atomic E-state index is 0.0631. The van der Waals surface area contributed by atoms with Gasteiger partial charge in [-0.15, -0.1) is 0 Å². The minimum Gasteiger partial charge on any atom is -0.354 e. The second kappa shape index (κ2) is 8.56. The maximum atomic E-state index is 12.6. The van der Waals surface area contributed by atoms with Crippen LogP contribution in [0.2, 0.25) is 0 Å². The summed E-state index contributed by atoms with van der Waals surface area (Å²) in [7, 11) is -1.99. The molecule has 128 valence electrons. The van der Waals surface area contributed by atoms with Gasteiger partial charge in [0.25, 0.3) is 0 Å². The molecule has 0 bridgehead atoms. The Kier molecular flexibility index (Phi) is 6.45. The molecular weight excluding hydrogens is 326 g/mol. The Morgan fingerprint density at radius 3 is 2.46 bits per heavy atom. The number of hydrogen-bond donors (Lipinski definition) is 2. The highest BCUT2D eigenvalue weighted by molar-refractivity contribution is 7.89. The summed E-state index contributed by atoms with van der Waals surface area (Å²) in [4.78, 5) is 16.8. The molecule has 2 N–H and O–H groups in total. The fraction of sp³-hybridized carbons (Fsp3) is 0.294. The molecule has 1 aromatic carbocycles. The van der Waals surface area contributed by atoms with Gasteiger partial charge in [0.1, 0.15) is 0 Å². The molecule has 0 saturated carbocycles. The van der Waals surface area contributed by atoms with Crippen molar-refractivity contribution in [2.75, 3.05) is 19.3 Å². The largest absolute Gasteiger partial charge is 0.354 e. The quantitative estimate of drug-likeness (QED) is 0.748. The highest BCUT2D eigenvalue weighted by atomic mass is 32.2. The second-order valence-electron chi connectivity index (χ2n) is 5.30. The van der Waals surface area contributed by atoms with E-state index in [0.29, 0.717) is 6.42 Å². The zero-order valence-electron chi connectivity index (χ0n) is 13.5. The summed E-state index contributed by atoms with van der Waals surface area (Å²) >= 11 is 0. The molecule has 2 rings (SSSR count). The number of nitrogens with one attached hydrogen (secondary N) is 2. The highest BCUT2D eigenvalue weighted by Gasteiger charge is 2.21. The number of nitrogens with zero attached hydrogens (tertiary/aromatic N) is 1. The van der Waals surface area contributed by atoms with E-state index < -0.39 is 15.9 Å². The number of sulfonamides is 1. The number of pyridine rings is 1. The van der Waals surface area contributed by atoms with E-state index >= 15 is 0 Å². The third kappa shape index (κ3) is 5.43. The molecule has 7 heteroatoms. The van der Waals surface area contributed by atoms with Crippen molar-refractivity contribution >= 4 is 15.9 Å². The zero-order chi connectivity index (χ0) is 17.4. The standard InChI is InChI=1S/C17H21N3O3S/c1-18-24(22,23)12-11-20-17(21)16(14-7-3-2-4-8-14)13-15-9-5-6-10-19-15/h2-10,16,18H,11-13H2,1H3,(H,20,21). The van der Waals surface area contributed by atoms with Gasteiger partial charge in [0, 0.05) is 24.9 Å². The maximum Gasteiger partial charge on any atom is 0.227 e. The number of rotatable bonds is 8. The molecule has 1 heterocycles. The van der Waals surface area contributed by atoms with Gasteiger partial charge in [0.15, 0.2) is 0 Å². The Labute approximate surface area is 142 Å². The third-order valence-corrected chi connectivity index (χ3v) is 5.00. The summed E-state index contributed by atoms with van der Waals surface area (Å²) in [6.07, 6.45) is 2.14. The van der Waals surface area contributed by atoms with E-state index in [1.807, 2.05) is 48.5 Å². The Morgan fingerprint density at radius 2 is 1.83 bits per heavy atom. The van der Waals surface area contributed by atoms with Gasteiger partial charge in [-0.25, -0.2) is 13.1 Å². The van der Waals surface area contributed by atoms with Crippen LogP contribution in [-0.4, -0.2) is 38.7 Å². The molecule has 1 unspecified atom stereocenters. The molecule has 0 aliphatic rings. The van der Waals surface area contributed by atoms with Crippen LogP contribution in [0, 0.1) is 0 Å². The van der Waals surface area contributed by atoms with Crippen LogP contribution in [0.25, 0.3) is 0 Å². The summed E-state index contributed by atoms with van der Waals surface area (Å²) in [5.41, 5.74) is 1.68. The van der Waals surface area contributed by atoms with E-state index in [-0.39, 0.29) is 18.2 Å². The number of aromatic nitrogens is 1. The molecule has 1 amide bonds. The van der Waals surface area contributed by atoms with Gasteiger partial charge in [-0.05, 0) is 24.7 Å². The Bertz CT molecular complexity index is 749. The van der Waals surface area contributed by atoms with Crippen molar-refractivity contribution in [1.82, 2.24) is 15.0 Å². The van der Waals surface area contributed by atoms with Crippen molar-refractivity contribution in [3.63, 3.8) is 0 Å². The Hall–Kier alpha value is -2.25. The average molecular weight is 347 g/mol. The summed E-state index contributed by atoms with van der Waals surface area (Å²) < 4.78 is 25.1. The lowest BCUT2D eigenvalue weighted by atomic mass is 9.93. The molecule has 24 heavy (non-hydrogen) atoms. The summed E-state index contributed by atoms with van der Waals surface area (Å²) in [5.74, 6) is -0.781. The minimum atomic E-state index is -3.34. The molecular formula is C17H21N3O3S. The van der Waals surface area contributed by atoms with Crippen LogP contribution < -0.4 is 10.0 Å². The highest BCUT2D eigenvalue weighted by Crippen LogP contribution is 2.20. The van der Waals surface area contributed by atoms with Crippen LogP contribution in [0.4, 0.5) is 0 Å². The zero-order valence-corrected chi connectivity index (χ0v) is 14.3. The molecule has 0 aliphatic heterocycles. The Morgan fingerprint density at radius 1 is 1.12 bits per heavy atom. The molecule has 0 aliphatic carbocycles. The number of carbonyl (C=O) groups is 1. The van der Waals surface area contributed by atoms with E-state index in [1.54, 1.807) is 6.20 Å². The van der Waals surface area contributed by atoms with Crippen LogP contribution in [0.15, 0.2) is 54.7 Å². The first-order chi connectivity index (χ1) is 11.5. The summed E-state index contributed by atoms with van der Waals surface area (Å²) in [5, 5.41) is 2.71. The molecule has 0 fully saturated rings. The first kappa shape index (κ1) is 18.1. The monoisotopic (exact) mass is 347 g/mol. The number of carbonyl (C=O) groups excluding carboxylic acids is 1. The molecule has 0 saturated heterocycles. The topological polar surface area (TPSA) is 88.2 Å². The maximum absolute atomic E-state index is 12.6. The summed E-state index contributed by atoms with van der Waals surface area (Å²) in [6.45, 7) is 0.0631. The van der Waals surface area contributed by atoms with E-state index in [9.17, 15) is 13.2 Å². The first-order valence-corrected chi connectivity index (χ1v) is 9.31. The van der Waals surface area contributed by atoms with Crippen molar-refractivity contribution in [2.45, 2.75) is 12.3 Å². The molecule has 0 spiro atoms. The van der Waals surface area contributed by atoms with Crippen molar-refractivity contribution in [3.05, 3.63) is 66.0 Å². The third-order valence-electron chi connectivity index (χ3n) is 3.64. The van der Waals surface area contributed by atoms with Crippen LogP contribution in [0.5, 0.6) is 0 Å². The van der Waals surface area contributed by atoms with E-state index in [4.69, 9.17) is 0 Å². The van der Waals surface area contributed by atoms with Crippen molar-refractivity contribution in [2.24, 2.45) is 0 Å². The lowest BCUT2D eigenvalue weighted by Gasteiger charge is -2.17. The molecule has 0 radical (unpaired) electrons. The molecule has 1 aromatic heterocycles. The van der Waals surface area contributed by atoms with Crippen molar-refractivity contribution in [1.29, 1.82) is 0 Å². The lowest BCUT2D eigenvalue weighted by molar-refractivity contribution is -0.122. The number of benzene rings is 1. The van der Waals surface area contributed by atoms with E-state index in [2.05, 4.69) is 15.0 Å². The van der Waals surface area contributed by atoms with Gasteiger partial charge >= 0.3 is 0 Å². The van der Waals surface area contributed by atoms with Gasteiger partial charge in [0.2, 0.25) is 15.9 Å². The molecule has 1 atom stereocenters. The predicted molar refractivity (Wildman–Crippen MR) is 93.0 cm³/mol. The van der Waals surface area contributed by atoms with Crippen LogP contribution in [-0.2, 0) is 21.2 Å². The average Bonchev–Trinajstić information content (AvgIpc) is 2.61. The summed E-state index contributed by atoms with van der Waals surface area (Å²) in [6, 6.07) is 15.0. The van der Waals surface area contributed by atoms with Gasteiger partial charge in [-0.2, -0.15) is 0 Å².